The van der Waals surface area contributed by atoms with Gasteiger partial charge in [0.25, 0.3) is 0 Å². The van der Waals surface area contributed by atoms with Crippen molar-refractivity contribution in [3.8, 4) is 6.07 Å². The molecule has 0 fully saturated rings. The van der Waals surface area contributed by atoms with E-state index in [4.69, 9.17) is 5.26 Å². The Hall–Kier alpha value is -0.880. The molecule has 0 aliphatic heterocycles. The van der Waals surface area contributed by atoms with E-state index in [1.54, 1.807) is 18.5 Å². The summed E-state index contributed by atoms with van der Waals surface area (Å²) in [4.78, 5) is 3.64. The molecule has 2 nitrogen and oxygen atoms in total. The number of nitriles is 1. The van der Waals surface area contributed by atoms with Crippen molar-refractivity contribution in [1.82, 2.24) is 4.98 Å². The Balaban J connectivity index is 2.88. The van der Waals surface area contributed by atoms with E-state index < -0.39 is 0 Å². The Labute approximate surface area is 67.6 Å². The largest absolute Gasteiger partial charge is 0.264 e. The average Bonchev–Trinajstić information content (AvgIpc) is 2.05. The van der Waals surface area contributed by atoms with E-state index in [0.29, 0.717) is 0 Å². The third-order valence-corrected chi connectivity index (χ3v) is 1.82. The number of alkyl halides is 1. The summed E-state index contributed by atoms with van der Waals surface area (Å²) in [5.41, 5.74) is 0.894. The highest BCUT2D eigenvalue weighted by molar-refractivity contribution is 9.09. The molecule has 0 saturated carbocycles. The van der Waals surface area contributed by atoms with E-state index in [1.807, 2.05) is 6.07 Å². The second-order valence-corrected chi connectivity index (χ2v) is 2.69. The predicted octanol–water partition coefficient (Wildman–Crippen LogP) is 2.04. The van der Waals surface area contributed by atoms with Gasteiger partial charge in [-0.3, -0.25) is 4.98 Å². The first kappa shape index (κ1) is 7.23. The SMILES string of the molecule is N#CC(Br)c1cccnc1. The van der Waals surface area contributed by atoms with Crippen LogP contribution in [-0.2, 0) is 0 Å². The van der Waals surface area contributed by atoms with Crippen molar-refractivity contribution in [3.05, 3.63) is 30.1 Å². The predicted molar refractivity (Wildman–Crippen MR) is 41.5 cm³/mol. The topological polar surface area (TPSA) is 36.7 Å². The Bertz CT molecular complexity index is 240. The molecule has 1 atom stereocenters. The van der Waals surface area contributed by atoms with E-state index in [-0.39, 0.29) is 4.83 Å². The zero-order valence-electron chi connectivity index (χ0n) is 5.16. The van der Waals surface area contributed by atoms with Crippen LogP contribution < -0.4 is 0 Å². The fourth-order valence-electron chi connectivity index (χ4n) is 0.600. The molecular weight excluding hydrogens is 192 g/mol. The molecule has 1 aromatic heterocycles. The Morgan fingerprint density at radius 1 is 1.70 bits per heavy atom. The number of aromatic nitrogens is 1. The minimum Gasteiger partial charge on any atom is -0.264 e. The lowest BCUT2D eigenvalue weighted by molar-refractivity contribution is 1.18. The summed E-state index contributed by atoms with van der Waals surface area (Å²) in [5, 5.41) is 8.46. The van der Waals surface area contributed by atoms with Gasteiger partial charge in [0.15, 0.2) is 0 Å². The Morgan fingerprint density at radius 3 is 3.00 bits per heavy atom. The molecule has 10 heavy (non-hydrogen) atoms. The van der Waals surface area contributed by atoms with E-state index in [9.17, 15) is 0 Å². The number of rotatable bonds is 1. The molecular formula is C7H5BrN2. The smallest absolute Gasteiger partial charge is 0.128 e. The lowest BCUT2D eigenvalue weighted by Crippen LogP contribution is -1.84. The van der Waals surface area contributed by atoms with E-state index in [1.165, 1.54) is 0 Å². The Morgan fingerprint density at radius 2 is 2.50 bits per heavy atom. The van der Waals surface area contributed by atoms with Crippen LogP contribution in [0.25, 0.3) is 0 Å². The Kier molecular flexibility index (Phi) is 2.41. The maximum Gasteiger partial charge on any atom is 0.128 e. The molecule has 0 aliphatic rings. The number of pyridine rings is 1. The number of hydrogen-bond acceptors (Lipinski definition) is 2. The van der Waals surface area contributed by atoms with Crippen LogP contribution in [0.15, 0.2) is 24.5 Å². The first-order valence-corrected chi connectivity index (χ1v) is 3.70. The monoisotopic (exact) mass is 196 g/mol. The van der Waals surface area contributed by atoms with Crippen molar-refractivity contribution in [1.29, 1.82) is 5.26 Å². The first-order valence-electron chi connectivity index (χ1n) is 2.78. The van der Waals surface area contributed by atoms with Crippen molar-refractivity contribution >= 4 is 15.9 Å². The van der Waals surface area contributed by atoms with Gasteiger partial charge in [0.05, 0.1) is 6.07 Å². The van der Waals surface area contributed by atoms with Crippen LogP contribution in [0.3, 0.4) is 0 Å². The van der Waals surface area contributed by atoms with E-state index in [2.05, 4.69) is 27.0 Å². The van der Waals surface area contributed by atoms with Crippen LogP contribution in [-0.4, -0.2) is 4.98 Å². The van der Waals surface area contributed by atoms with Gasteiger partial charge in [0.1, 0.15) is 4.83 Å². The molecule has 0 radical (unpaired) electrons. The van der Waals surface area contributed by atoms with Gasteiger partial charge in [-0.1, -0.05) is 22.0 Å². The molecule has 1 aromatic rings. The van der Waals surface area contributed by atoms with Gasteiger partial charge < -0.3 is 0 Å². The molecule has 1 unspecified atom stereocenters. The number of nitrogens with zero attached hydrogens (tertiary/aromatic N) is 2. The molecule has 0 saturated heterocycles. The standard InChI is InChI=1S/C7H5BrN2/c8-7(4-9)6-2-1-3-10-5-6/h1-3,5,7H. The van der Waals surface area contributed by atoms with Crippen LogP contribution >= 0.6 is 15.9 Å². The second kappa shape index (κ2) is 3.33. The van der Waals surface area contributed by atoms with Crippen molar-refractivity contribution in [2.24, 2.45) is 0 Å². The minimum atomic E-state index is -0.235. The van der Waals surface area contributed by atoms with Crippen LogP contribution in [0, 0.1) is 11.3 Å². The highest BCUT2D eigenvalue weighted by Crippen LogP contribution is 2.19. The normalized spacial score (nSPS) is 12.0. The highest BCUT2D eigenvalue weighted by atomic mass is 79.9. The molecule has 1 heterocycles. The zero-order chi connectivity index (χ0) is 7.40. The van der Waals surface area contributed by atoms with Crippen molar-refractivity contribution in [2.75, 3.05) is 0 Å². The van der Waals surface area contributed by atoms with Crippen LogP contribution in [0.2, 0.25) is 0 Å². The van der Waals surface area contributed by atoms with Crippen LogP contribution in [0.4, 0.5) is 0 Å². The number of halogens is 1. The molecule has 0 amide bonds. The molecule has 0 aromatic carbocycles. The molecule has 50 valence electrons. The van der Waals surface area contributed by atoms with Gasteiger partial charge in [-0.25, -0.2) is 0 Å². The van der Waals surface area contributed by atoms with Gasteiger partial charge in [-0.15, -0.1) is 0 Å². The van der Waals surface area contributed by atoms with E-state index in [0.717, 1.165) is 5.56 Å². The third-order valence-electron chi connectivity index (χ3n) is 1.09. The van der Waals surface area contributed by atoms with Crippen molar-refractivity contribution in [2.45, 2.75) is 4.83 Å². The summed E-state index contributed by atoms with van der Waals surface area (Å²) in [6.45, 7) is 0. The van der Waals surface area contributed by atoms with Gasteiger partial charge in [-0.05, 0) is 11.6 Å². The fraction of sp³-hybridized carbons (Fsp3) is 0.143. The molecule has 0 spiro atoms. The average molecular weight is 197 g/mol. The molecule has 0 aliphatic carbocycles. The molecule has 0 N–H and O–H groups in total. The summed E-state index contributed by atoms with van der Waals surface area (Å²) in [5.74, 6) is 0. The molecule has 1 rings (SSSR count). The quantitative estimate of drug-likeness (QED) is 0.646. The minimum absolute atomic E-state index is 0.235. The summed E-state index contributed by atoms with van der Waals surface area (Å²) >= 11 is 3.18. The lowest BCUT2D eigenvalue weighted by atomic mass is 10.2. The zero-order valence-corrected chi connectivity index (χ0v) is 6.75. The van der Waals surface area contributed by atoms with Crippen LogP contribution in [0.5, 0.6) is 0 Å². The maximum atomic E-state index is 8.46. The molecule has 0 bridgehead atoms. The number of hydrogen-bond donors (Lipinski definition) is 0. The van der Waals surface area contributed by atoms with Gasteiger partial charge in [0, 0.05) is 12.4 Å². The summed E-state index contributed by atoms with van der Waals surface area (Å²) in [6.07, 6.45) is 3.35. The van der Waals surface area contributed by atoms with E-state index >= 15 is 0 Å². The molecule has 3 heteroatoms. The third kappa shape index (κ3) is 1.55. The summed E-state index contributed by atoms with van der Waals surface area (Å²) in [6, 6.07) is 5.72. The summed E-state index contributed by atoms with van der Waals surface area (Å²) < 4.78 is 0. The fourth-order valence-corrected chi connectivity index (χ4v) is 0.871. The van der Waals surface area contributed by atoms with Gasteiger partial charge in [-0.2, -0.15) is 5.26 Å². The van der Waals surface area contributed by atoms with Crippen molar-refractivity contribution in [3.63, 3.8) is 0 Å². The van der Waals surface area contributed by atoms with Crippen molar-refractivity contribution < 1.29 is 0 Å². The summed E-state index contributed by atoms with van der Waals surface area (Å²) in [7, 11) is 0. The second-order valence-electron chi connectivity index (χ2n) is 1.78. The van der Waals surface area contributed by atoms with Gasteiger partial charge in [0.2, 0.25) is 0 Å². The highest BCUT2D eigenvalue weighted by Gasteiger charge is 2.02. The van der Waals surface area contributed by atoms with Crippen LogP contribution in [0.1, 0.15) is 10.4 Å². The maximum absolute atomic E-state index is 8.46. The van der Waals surface area contributed by atoms with Gasteiger partial charge >= 0.3 is 0 Å². The first-order chi connectivity index (χ1) is 4.84. The lowest BCUT2D eigenvalue weighted by Gasteiger charge is -1.96.